The topological polar surface area (TPSA) is 17.1 Å². The fourth-order valence-electron chi connectivity index (χ4n) is 1.78. The van der Waals surface area contributed by atoms with Crippen molar-refractivity contribution in [3.63, 3.8) is 0 Å². The van der Waals surface area contributed by atoms with E-state index in [0.29, 0.717) is 5.02 Å². The molecule has 0 atom stereocenters. The molecular weight excluding hydrogens is 369 g/mol. The highest BCUT2D eigenvalue weighted by Gasteiger charge is 2.33. The van der Waals surface area contributed by atoms with Crippen LogP contribution in [0.25, 0.3) is 0 Å². The largest absolute Gasteiger partial charge is 0.417 e. The summed E-state index contributed by atoms with van der Waals surface area (Å²) in [4.78, 5) is 12.3. The van der Waals surface area contributed by atoms with Crippen LogP contribution in [0.15, 0.2) is 40.9 Å². The number of ketones is 1. The lowest BCUT2D eigenvalue weighted by atomic mass is 10.0. The highest BCUT2D eigenvalue weighted by molar-refractivity contribution is 9.10. The van der Waals surface area contributed by atoms with Crippen LogP contribution < -0.4 is 0 Å². The number of rotatable bonds is 2. The number of hydrogen-bond donors (Lipinski definition) is 0. The van der Waals surface area contributed by atoms with Crippen molar-refractivity contribution in [3.8, 4) is 0 Å². The van der Waals surface area contributed by atoms with Gasteiger partial charge in [-0.15, -0.1) is 0 Å². The molecule has 0 aliphatic heterocycles. The smallest absolute Gasteiger partial charge is 0.289 e. The quantitative estimate of drug-likeness (QED) is 0.617. The van der Waals surface area contributed by atoms with Crippen LogP contribution in [-0.2, 0) is 6.18 Å². The maximum Gasteiger partial charge on any atom is 0.417 e. The van der Waals surface area contributed by atoms with E-state index in [4.69, 9.17) is 11.6 Å². The van der Waals surface area contributed by atoms with Crippen molar-refractivity contribution >= 4 is 33.3 Å². The molecule has 21 heavy (non-hydrogen) atoms. The molecule has 0 amide bonds. The number of aryl methyl sites for hydroxylation is 1. The van der Waals surface area contributed by atoms with Gasteiger partial charge < -0.3 is 0 Å². The van der Waals surface area contributed by atoms with Crippen molar-refractivity contribution in [3.05, 3.63) is 68.1 Å². The van der Waals surface area contributed by atoms with Crippen LogP contribution in [0, 0.1) is 6.92 Å². The molecule has 2 aromatic carbocycles. The van der Waals surface area contributed by atoms with Crippen LogP contribution in [0.3, 0.4) is 0 Å². The van der Waals surface area contributed by atoms with Gasteiger partial charge in [0.2, 0.25) is 0 Å². The first-order chi connectivity index (χ1) is 9.70. The van der Waals surface area contributed by atoms with E-state index in [0.717, 1.165) is 11.6 Å². The molecule has 0 spiro atoms. The Labute approximate surface area is 132 Å². The van der Waals surface area contributed by atoms with Crippen molar-refractivity contribution < 1.29 is 18.0 Å². The first-order valence-electron chi connectivity index (χ1n) is 5.88. The molecule has 0 N–H and O–H groups in total. The van der Waals surface area contributed by atoms with Crippen LogP contribution in [-0.4, -0.2) is 5.78 Å². The summed E-state index contributed by atoms with van der Waals surface area (Å²) >= 11 is 8.78. The minimum atomic E-state index is -4.53. The van der Waals surface area contributed by atoms with E-state index in [1.165, 1.54) is 18.2 Å². The van der Waals surface area contributed by atoms with Gasteiger partial charge in [0, 0.05) is 20.6 Å². The van der Waals surface area contributed by atoms with E-state index in [1.54, 1.807) is 19.1 Å². The van der Waals surface area contributed by atoms with Crippen LogP contribution >= 0.6 is 27.5 Å². The van der Waals surface area contributed by atoms with Crippen LogP contribution in [0.5, 0.6) is 0 Å². The Morgan fingerprint density at radius 1 is 1.10 bits per heavy atom. The molecule has 0 bridgehead atoms. The summed E-state index contributed by atoms with van der Waals surface area (Å²) < 4.78 is 38.4. The average Bonchev–Trinajstić information content (AvgIpc) is 2.40. The van der Waals surface area contributed by atoms with Gasteiger partial charge in [-0.25, -0.2) is 0 Å². The Morgan fingerprint density at radius 2 is 1.67 bits per heavy atom. The van der Waals surface area contributed by atoms with Crippen molar-refractivity contribution in [2.45, 2.75) is 13.1 Å². The first kappa shape index (κ1) is 16.0. The summed E-state index contributed by atoms with van der Waals surface area (Å²) in [5.74, 6) is -0.505. The molecule has 0 fully saturated rings. The molecule has 0 aromatic heterocycles. The van der Waals surface area contributed by atoms with Gasteiger partial charge in [0.25, 0.3) is 0 Å². The highest BCUT2D eigenvalue weighted by atomic mass is 79.9. The zero-order valence-corrected chi connectivity index (χ0v) is 13.1. The molecule has 110 valence electrons. The second-order valence-electron chi connectivity index (χ2n) is 4.49. The van der Waals surface area contributed by atoms with Crippen molar-refractivity contribution in [1.29, 1.82) is 0 Å². The van der Waals surface area contributed by atoms with Gasteiger partial charge in [0.15, 0.2) is 5.78 Å². The third-order valence-electron chi connectivity index (χ3n) is 2.97. The second kappa shape index (κ2) is 5.81. The SMILES string of the molecule is Cc1ccc(C(=O)c2ccc(Br)c(C(F)(F)F)c2)cc1Cl. The van der Waals surface area contributed by atoms with E-state index < -0.39 is 17.5 Å². The number of halogens is 5. The lowest BCUT2D eigenvalue weighted by molar-refractivity contribution is -0.138. The predicted octanol–water partition coefficient (Wildman–Crippen LogP) is 5.66. The van der Waals surface area contributed by atoms with Crippen molar-refractivity contribution in [2.24, 2.45) is 0 Å². The summed E-state index contributed by atoms with van der Waals surface area (Å²) in [6.07, 6.45) is -4.53. The molecule has 0 unspecified atom stereocenters. The maximum atomic E-state index is 12.8. The summed E-state index contributed by atoms with van der Waals surface area (Å²) in [6, 6.07) is 8.04. The summed E-state index contributed by atoms with van der Waals surface area (Å²) in [5, 5.41) is 0.397. The number of carbonyl (C=O) groups excluding carboxylic acids is 1. The van der Waals surface area contributed by atoms with Crippen molar-refractivity contribution in [2.75, 3.05) is 0 Å². The van der Waals surface area contributed by atoms with Crippen LogP contribution in [0.2, 0.25) is 5.02 Å². The molecule has 1 nitrogen and oxygen atoms in total. The standard InChI is InChI=1S/C15H9BrClF3O/c1-8-2-3-10(7-13(8)17)14(21)9-4-5-12(16)11(6-9)15(18,19)20/h2-7H,1H3. The molecule has 2 aromatic rings. The molecule has 2 rings (SSSR count). The lowest BCUT2D eigenvalue weighted by Crippen LogP contribution is -2.09. The van der Waals surface area contributed by atoms with Gasteiger partial charge in [0.05, 0.1) is 5.56 Å². The Balaban J connectivity index is 2.46. The van der Waals surface area contributed by atoms with Gasteiger partial charge in [-0.1, -0.05) is 39.7 Å². The monoisotopic (exact) mass is 376 g/mol. The van der Waals surface area contributed by atoms with E-state index in [9.17, 15) is 18.0 Å². The third kappa shape index (κ3) is 3.47. The molecule has 0 saturated carbocycles. The summed E-state index contributed by atoms with van der Waals surface area (Å²) in [6.45, 7) is 1.78. The minimum Gasteiger partial charge on any atom is -0.289 e. The Morgan fingerprint density at radius 3 is 2.24 bits per heavy atom. The third-order valence-corrected chi connectivity index (χ3v) is 4.07. The van der Waals surface area contributed by atoms with Gasteiger partial charge in [-0.2, -0.15) is 13.2 Å². The second-order valence-corrected chi connectivity index (χ2v) is 5.75. The van der Waals surface area contributed by atoms with Gasteiger partial charge in [-0.05, 0) is 36.8 Å². The molecule has 0 aliphatic rings. The average molecular weight is 378 g/mol. The molecule has 6 heteroatoms. The zero-order chi connectivity index (χ0) is 15.8. The van der Waals surface area contributed by atoms with Gasteiger partial charge >= 0.3 is 6.18 Å². The fourth-order valence-corrected chi connectivity index (χ4v) is 2.44. The van der Waals surface area contributed by atoms with E-state index in [2.05, 4.69) is 15.9 Å². The number of carbonyl (C=O) groups is 1. The van der Waals surface area contributed by atoms with E-state index in [-0.39, 0.29) is 15.6 Å². The molecule has 0 aliphatic carbocycles. The minimum absolute atomic E-state index is 0.0366. The molecule has 0 heterocycles. The molecule has 0 radical (unpaired) electrons. The number of alkyl halides is 3. The first-order valence-corrected chi connectivity index (χ1v) is 7.05. The number of benzene rings is 2. The highest BCUT2D eigenvalue weighted by Crippen LogP contribution is 2.35. The molecular formula is C15H9BrClF3O. The normalized spacial score (nSPS) is 11.5. The van der Waals surface area contributed by atoms with Crippen molar-refractivity contribution in [1.82, 2.24) is 0 Å². The lowest BCUT2D eigenvalue weighted by Gasteiger charge is -2.11. The summed E-state index contributed by atoms with van der Waals surface area (Å²) in [7, 11) is 0. The van der Waals surface area contributed by atoms with Crippen LogP contribution in [0.4, 0.5) is 13.2 Å². The van der Waals surface area contributed by atoms with Gasteiger partial charge in [-0.3, -0.25) is 4.79 Å². The summed E-state index contributed by atoms with van der Waals surface area (Å²) in [5.41, 5.74) is 0.123. The maximum absolute atomic E-state index is 12.8. The Kier molecular flexibility index (Phi) is 4.44. The molecule has 0 saturated heterocycles. The predicted molar refractivity (Wildman–Crippen MR) is 78.8 cm³/mol. The Bertz CT molecular complexity index is 711. The van der Waals surface area contributed by atoms with Crippen LogP contribution in [0.1, 0.15) is 27.0 Å². The van der Waals surface area contributed by atoms with Gasteiger partial charge in [0.1, 0.15) is 0 Å². The number of hydrogen-bond acceptors (Lipinski definition) is 1. The Hall–Kier alpha value is -1.33. The van der Waals surface area contributed by atoms with E-state index >= 15 is 0 Å². The van der Waals surface area contributed by atoms with E-state index in [1.807, 2.05) is 0 Å². The fraction of sp³-hybridized carbons (Fsp3) is 0.133. The zero-order valence-electron chi connectivity index (χ0n) is 10.8.